The van der Waals surface area contributed by atoms with Crippen molar-refractivity contribution >= 4 is 34.9 Å². The molecule has 0 radical (unpaired) electrons. The van der Waals surface area contributed by atoms with Crippen molar-refractivity contribution in [1.29, 1.82) is 0 Å². The molecule has 4 atom stereocenters. The normalized spacial score (nSPS) is 29.2. The Bertz CT molecular complexity index is 1460. The molecule has 0 bridgehead atoms. The lowest BCUT2D eigenvalue weighted by molar-refractivity contribution is -0.178. The summed E-state index contributed by atoms with van der Waals surface area (Å²) in [7, 11) is 1.21. The average molecular weight is 569 g/mol. The first-order valence-electron chi connectivity index (χ1n) is 13.6. The number of phenolic OH excluding ortho intramolecular Hbond substituents is 1. The first-order valence-corrected chi connectivity index (χ1v) is 13.6. The van der Waals surface area contributed by atoms with E-state index in [1.54, 1.807) is 39.8 Å². The lowest BCUT2D eigenvalue weighted by atomic mass is 9.43. The number of hydrogen-bond donors (Lipinski definition) is 4. The molecule has 1 fully saturated rings. The van der Waals surface area contributed by atoms with Crippen LogP contribution in [0.4, 0.5) is 0 Å². The predicted molar refractivity (Wildman–Crippen MR) is 146 cm³/mol. The van der Waals surface area contributed by atoms with Crippen LogP contribution in [-0.4, -0.2) is 62.2 Å². The minimum absolute atomic E-state index is 0.000563. The molecule has 0 amide bonds. The van der Waals surface area contributed by atoms with Crippen molar-refractivity contribution < 1.29 is 49.1 Å². The number of esters is 1. The van der Waals surface area contributed by atoms with Gasteiger partial charge in [-0.25, -0.2) is 0 Å². The van der Waals surface area contributed by atoms with Gasteiger partial charge in [0.15, 0.2) is 17.2 Å². The number of ether oxygens (including phenoxy) is 1. The summed E-state index contributed by atoms with van der Waals surface area (Å²) in [4.78, 5) is 64.1. The third kappa shape index (κ3) is 4.22. The lowest BCUT2D eigenvalue weighted by Crippen LogP contribution is -2.69. The molecule has 41 heavy (non-hydrogen) atoms. The van der Waals surface area contributed by atoms with Gasteiger partial charge in [-0.1, -0.05) is 39.8 Å². The van der Waals surface area contributed by atoms with E-state index in [2.05, 4.69) is 4.74 Å². The summed E-state index contributed by atoms with van der Waals surface area (Å²) in [6.07, 6.45) is -0.334. The van der Waals surface area contributed by atoms with Crippen LogP contribution in [0, 0.1) is 22.7 Å². The Morgan fingerprint density at radius 2 is 1.71 bits per heavy atom. The van der Waals surface area contributed by atoms with Gasteiger partial charge in [0.25, 0.3) is 0 Å². The second kappa shape index (κ2) is 9.94. The van der Waals surface area contributed by atoms with E-state index in [0.29, 0.717) is 5.56 Å². The molecule has 0 heterocycles. The highest BCUT2D eigenvalue weighted by atomic mass is 16.5. The summed E-state index contributed by atoms with van der Waals surface area (Å²) in [5, 5.41) is 45.9. The van der Waals surface area contributed by atoms with E-state index in [1.165, 1.54) is 7.11 Å². The monoisotopic (exact) mass is 568 g/mol. The van der Waals surface area contributed by atoms with Crippen molar-refractivity contribution in [2.45, 2.75) is 72.3 Å². The number of rotatable bonds is 7. The largest absolute Gasteiger partial charge is 0.508 e. The summed E-state index contributed by atoms with van der Waals surface area (Å²) in [5.41, 5.74) is -5.60. The number of aromatic hydroxyl groups is 1. The lowest BCUT2D eigenvalue weighted by Gasteiger charge is -2.59. The van der Waals surface area contributed by atoms with E-state index in [4.69, 9.17) is 0 Å². The van der Waals surface area contributed by atoms with Crippen molar-refractivity contribution in [2.75, 3.05) is 7.11 Å². The van der Waals surface area contributed by atoms with E-state index in [1.807, 2.05) is 0 Å². The van der Waals surface area contributed by atoms with Crippen molar-refractivity contribution in [2.24, 2.45) is 22.7 Å². The number of hydrogen-bond acceptors (Lipinski definition) is 10. The molecule has 1 aromatic rings. The topological polar surface area (TPSA) is 176 Å². The Morgan fingerprint density at radius 1 is 1.07 bits per heavy atom. The van der Waals surface area contributed by atoms with Gasteiger partial charge in [0, 0.05) is 40.7 Å². The quantitative estimate of drug-likeness (QED) is 0.282. The minimum atomic E-state index is -2.69. The van der Waals surface area contributed by atoms with Gasteiger partial charge in [-0.3, -0.25) is 24.0 Å². The summed E-state index contributed by atoms with van der Waals surface area (Å²) >= 11 is 0. The number of ketones is 4. The molecule has 0 aliphatic heterocycles. The molecular formula is C31H36O10. The first-order chi connectivity index (χ1) is 19.0. The fourth-order valence-electron chi connectivity index (χ4n) is 7.54. The van der Waals surface area contributed by atoms with E-state index in [-0.39, 0.29) is 54.6 Å². The maximum atomic E-state index is 14.3. The highest BCUT2D eigenvalue weighted by Crippen LogP contribution is 2.65. The predicted octanol–water partition coefficient (Wildman–Crippen LogP) is 3.25. The van der Waals surface area contributed by atoms with Crippen LogP contribution in [-0.2, 0) is 41.6 Å². The summed E-state index contributed by atoms with van der Waals surface area (Å²) < 4.78 is 4.55. The summed E-state index contributed by atoms with van der Waals surface area (Å²) in [6.45, 7) is 7.83. The fraction of sp³-hybridized carbons (Fsp3) is 0.516. The highest BCUT2D eigenvalue weighted by molar-refractivity contribution is 6.24. The van der Waals surface area contributed by atoms with E-state index >= 15 is 0 Å². The molecule has 10 heteroatoms. The molecule has 1 saturated carbocycles. The zero-order valence-electron chi connectivity index (χ0n) is 24.1. The molecule has 0 spiro atoms. The zero-order chi connectivity index (χ0) is 30.8. The third-order valence-electron chi connectivity index (χ3n) is 9.18. The number of carbonyl (C=O) groups excluding carboxylic acids is 5. The van der Waals surface area contributed by atoms with E-state index in [9.17, 15) is 44.4 Å². The number of methoxy groups -OCH3 is 1. The molecule has 1 unspecified atom stereocenters. The molecular weight excluding hydrogens is 532 g/mol. The second-order valence-electron chi connectivity index (χ2n) is 12.4. The van der Waals surface area contributed by atoms with Crippen LogP contribution >= 0.6 is 0 Å². The molecule has 1 aromatic carbocycles. The first kappa shape index (κ1) is 30.2. The summed E-state index contributed by atoms with van der Waals surface area (Å²) in [5.74, 6) is -6.83. The molecule has 0 saturated heterocycles. The second-order valence-corrected chi connectivity index (χ2v) is 12.4. The van der Waals surface area contributed by atoms with Crippen molar-refractivity contribution in [1.82, 2.24) is 0 Å². The van der Waals surface area contributed by atoms with Crippen LogP contribution in [0.2, 0.25) is 0 Å². The molecule has 0 aromatic heterocycles. The van der Waals surface area contributed by atoms with Gasteiger partial charge in [-0.2, -0.15) is 0 Å². The van der Waals surface area contributed by atoms with E-state index in [0.717, 1.165) is 6.92 Å². The molecule has 3 aliphatic rings. The maximum Gasteiger partial charge on any atom is 0.305 e. The number of allylic oxidation sites excluding steroid dienone is 1. The molecule has 4 rings (SSSR count). The number of aliphatic hydroxyl groups excluding tert-OH is 2. The maximum absolute atomic E-state index is 14.3. The minimum Gasteiger partial charge on any atom is -0.508 e. The zero-order valence-corrected chi connectivity index (χ0v) is 24.1. The Hall–Kier alpha value is -3.79. The number of Topliss-reactive ketones (excluding diaryl/α,β-unsaturated/α-hetero) is 4. The van der Waals surface area contributed by atoms with Gasteiger partial charge in [-0.05, 0) is 31.2 Å². The smallest absolute Gasteiger partial charge is 0.305 e. The van der Waals surface area contributed by atoms with Gasteiger partial charge in [0.2, 0.25) is 5.78 Å². The van der Waals surface area contributed by atoms with E-state index < -0.39 is 74.4 Å². The Morgan fingerprint density at radius 3 is 2.27 bits per heavy atom. The van der Waals surface area contributed by atoms with Crippen LogP contribution < -0.4 is 0 Å². The Balaban J connectivity index is 1.88. The number of fused-ring (bicyclic) bond motifs is 3. The number of phenols is 1. The van der Waals surface area contributed by atoms with Gasteiger partial charge < -0.3 is 25.2 Å². The molecule has 220 valence electrons. The van der Waals surface area contributed by atoms with Crippen LogP contribution in [0.15, 0.2) is 29.0 Å². The summed E-state index contributed by atoms with van der Waals surface area (Å²) in [6, 6.07) is 3.18. The Kier molecular flexibility index (Phi) is 7.31. The van der Waals surface area contributed by atoms with Crippen LogP contribution in [0.3, 0.4) is 0 Å². The average Bonchev–Trinajstić information content (AvgIpc) is 2.85. The number of aliphatic hydroxyl groups is 3. The SMILES string of the molecule is COC(=O)CCC(=O)Cc1ccc2c(c1O)C(O)=C1C(=O)[C@@]3(O)C(O)=C(C(C)=O)C(=O)C(C(C)C)[C@@]3(C)C[C@@]1(C)C2. The molecule has 4 N–H and O–H groups in total. The van der Waals surface area contributed by atoms with Crippen LogP contribution in [0.25, 0.3) is 5.76 Å². The third-order valence-corrected chi connectivity index (χ3v) is 9.18. The van der Waals surface area contributed by atoms with Crippen LogP contribution in [0.1, 0.15) is 70.6 Å². The van der Waals surface area contributed by atoms with Crippen molar-refractivity contribution in [3.63, 3.8) is 0 Å². The van der Waals surface area contributed by atoms with Gasteiger partial charge in [-0.15, -0.1) is 0 Å². The number of benzene rings is 1. The van der Waals surface area contributed by atoms with Crippen molar-refractivity contribution in [3.8, 4) is 5.75 Å². The van der Waals surface area contributed by atoms with Crippen LogP contribution in [0.5, 0.6) is 5.75 Å². The molecule has 10 nitrogen and oxygen atoms in total. The standard InChI is InChI=1S/C31H36O10/c1-14(2)22-25(36)20(15(3)32)27(38)31(40)28(39)23-26(37)21-17(12-29(23,4)13-30(22,31)5)8-7-16(24(21)35)11-18(33)9-10-19(34)41-6/h7-8,14,22,35,37-38,40H,9-13H2,1-6H3/t22?,29-,30-,31+/m1/s1. The van der Waals surface area contributed by atoms with Gasteiger partial charge in [0.1, 0.15) is 28.6 Å². The van der Waals surface area contributed by atoms with Gasteiger partial charge in [0.05, 0.1) is 19.1 Å². The highest BCUT2D eigenvalue weighted by Gasteiger charge is 2.72. The Labute approximate surface area is 237 Å². The van der Waals surface area contributed by atoms with Crippen molar-refractivity contribution in [3.05, 3.63) is 45.7 Å². The fourth-order valence-corrected chi connectivity index (χ4v) is 7.54. The number of carbonyl (C=O) groups is 5. The molecule has 3 aliphatic carbocycles. The van der Waals surface area contributed by atoms with Gasteiger partial charge >= 0.3 is 5.97 Å².